The number of nitrogens with one attached hydrogen (secondary N) is 1. The van der Waals surface area contributed by atoms with Crippen molar-refractivity contribution < 1.29 is 9.53 Å². The van der Waals surface area contributed by atoms with Crippen LogP contribution in [0.5, 0.6) is 0 Å². The fourth-order valence-corrected chi connectivity index (χ4v) is 1.06. The van der Waals surface area contributed by atoms with Crippen LogP contribution in [0.2, 0.25) is 0 Å². The lowest BCUT2D eigenvalue weighted by atomic mass is 10.1. The summed E-state index contributed by atoms with van der Waals surface area (Å²) in [7, 11) is 1.33. The highest BCUT2D eigenvalue weighted by molar-refractivity contribution is 5.67. The van der Waals surface area contributed by atoms with Gasteiger partial charge in [0.05, 0.1) is 13.2 Å². The number of carbonyl (C=O) groups excluding carboxylic acids is 1. The van der Waals surface area contributed by atoms with Gasteiger partial charge in [0.15, 0.2) is 0 Å². The summed E-state index contributed by atoms with van der Waals surface area (Å²) in [5, 5.41) is 2.59. The van der Waals surface area contributed by atoms with E-state index in [1.807, 2.05) is 0 Å². The maximum atomic E-state index is 10.8. The summed E-state index contributed by atoms with van der Waals surface area (Å²) in [6.07, 6.45) is 8.14. The van der Waals surface area contributed by atoms with E-state index in [4.69, 9.17) is 6.42 Å². The zero-order valence-corrected chi connectivity index (χ0v) is 7.17. The molecule has 1 saturated carbocycles. The van der Waals surface area contributed by atoms with Gasteiger partial charge in [0, 0.05) is 0 Å². The molecule has 0 aromatic carbocycles. The number of hydrogen-bond acceptors (Lipinski definition) is 2. The second-order valence-electron chi connectivity index (χ2n) is 3.03. The summed E-state index contributed by atoms with van der Waals surface area (Å²) in [6, 6.07) is -0.162. The molecule has 1 rings (SSSR count). The molecule has 66 valence electrons. The monoisotopic (exact) mass is 167 g/mol. The smallest absolute Gasteiger partial charge is 0.407 e. The molecule has 0 aliphatic heterocycles. The fourth-order valence-electron chi connectivity index (χ4n) is 1.06. The normalized spacial score (nSPS) is 17.7. The second kappa shape index (κ2) is 4.01. The largest absolute Gasteiger partial charge is 0.453 e. The molecule has 1 aliphatic carbocycles. The van der Waals surface area contributed by atoms with Crippen LogP contribution in [-0.2, 0) is 4.74 Å². The molecule has 0 bridgehead atoms. The number of rotatable bonds is 3. The van der Waals surface area contributed by atoms with E-state index in [1.54, 1.807) is 0 Å². The molecule has 0 saturated heterocycles. The number of amides is 1. The van der Waals surface area contributed by atoms with Crippen LogP contribution in [0.25, 0.3) is 0 Å². The predicted molar refractivity (Wildman–Crippen MR) is 45.5 cm³/mol. The van der Waals surface area contributed by atoms with E-state index in [0.717, 1.165) is 6.42 Å². The molecular formula is C9H13NO2. The van der Waals surface area contributed by atoms with Gasteiger partial charge in [-0.2, -0.15) is 0 Å². The molecule has 0 spiro atoms. The van der Waals surface area contributed by atoms with E-state index in [-0.39, 0.29) is 6.04 Å². The molecule has 1 fully saturated rings. The van der Waals surface area contributed by atoms with Crippen LogP contribution in [0.1, 0.15) is 19.3 Å². The van der Waals surface area contributed by atoms with Crippen LogP contribution in [0, 0.1) is 18.3 Å². The Morgan fingerprint density at radius 1 is 1.83 bits per heavy atom. The van der Waals surface area contributed by atoms with Crippen LogP contribution in [-0.4, -0.2) is 19.2 Å². The lowest BCUT2D eigenvalue weighted by Crippen LogP contribution is -2.33. The van der Waals surface area contributed by atoms with Crippen LogP contribution in [0.15, 0.2) is 0 Å². The Bertz CT molecular complexity index is 203. The summed E-state index contributed by atoms with van der Waals surface area (Å²) in [5.74, 6) is 3.24. The van der Waals surface area contributed by atoms with E-state index < -0.39 is 6.09 Å². The number of methoxy groups -OCH3 is 1. The van der Waals surface area contributed by atoms with Crippen molar-refractivity contribution in [2.45, 2.75) is 25.3 Å². The number of ether oxygens (including phenoxy) is 1. The Labute approximate surface area is 72.5 Å². The molecule has 0 aromatic heterocycles. The molecule has 0 radical (unpaired) electrons. The first-order valence-electron chi connectivity index (χ1n) is 4.07. The number of alkyl carbamates (subject to hydrolysis) is 1. The lowest BCUT2D eigenvalue weighted by Gasteiger charge is -2.10. The number of carbonyl (C=O) groups is 1. The predicted octanol–water partition coefficient (Wildman–Crippen LogP) is 1.14. The van der Waals surface area contributed by atoms with Gasteiger partial charge in [-0.1, -0.05) is 18.8 Å². The topological polar surface area (TPSA) is 38.3 Å². The molecule has 12 heavy (non-hydrogen) atoms. The van der Waals surface area contributed by atoms with Gasteiger partial charge in [0.1, 0.15) is 0 Å². The van der Waals surface area contributed by atoms with Gasteiger partial charge in [-0.25, -0.2) is 4.79 Å². The summed E-state index contributed by atoms with van der Waals surface area (Å²) in [4.78, 5) is 10.8. The third-order valence-corrected chi connectivity index (χ3v) is 1.94. The van der Waals surface area contributed by atoms with Crippen molar-refractivity contribution in [3.63, 3.8) is 0 Å². The molecule has 0 aromatic rings. The Morgan fingerprint density at radius 3 is 2.92 bits per heavy atom. The standard InChI is InChI=1S/C9H13NO2/c1-3-8(6-7-4-5-7)10-9(11)12-2/h1,7-8H,4-6H2,2H3,(H,10,11)/t8-/m0/s1. The highest BCUT2D eigenvalue weighted by atomic mass is 16.5. The Balaban J connectivity index is 2.24. The Kier molecular flexibility index (Phi) is 2.98. The van der Waals surface area contributed by atoms with E-state index >= 15 is 0 Å². The molecule has 1 amide bonds. The van der Waals surface area contributed by atoms with Crippen molar-refractivity contribution in [1.29, 1.82) is 0 Å². The van der Waals surface area contributed by atoms with Gasteiger partial charge < -0.3 is 10.1 Å². The summed E-state index contributed by atoms with van der Waals surface area (Å²) in [6.45, 7) is 0. The third-order valence-electron chi connectivity index (χ3n) is 1.94. The minimum absolute atomic E-state index is 0.162. The van der Waals surface area contributed by atoms with Crippen LogP contribution in [0.4, 0.5) is 4.79 Å². The van der Waals surface area contributed by atoms with Crippen molar-refractivity contribution in [3.05, 3.63) is 0 Å². The van der Waals surface area contributed by atoms with Crippen LogP contribution in [0.3, 0.4) is 0 Å². The highest BCUT2D eigenvalue weighted by Gasteiger charge is 2.25. The maximum absolute atomic E-state index is 10.8. The molecule has 1 atom stereocenters. The SMILES string of the molecule is C#C[C@@H](CC1CC1)NC(=O)OC. The van der Waals surface area contributed by atoms with Crippen molar-refractivity contribution in [1.82, 2.24) is 5.32 Å². The second-order valence-corrected chi connectivity index (χ2v) is 3.03. The fraction of sp³-hybridized carbons (Fsp3) is 0.667. The first kappa shape index (κ1) is 8.92. The van der Waals surface area contributed by atoms with E-state index in [1.165, 1.54) is 20.0 Å². The average molecular weight is 167 g/mol. The first-order chi connectivity index (χ1) is 5.76. The molecular weight excluding hydrogens is 154 g/mol. The van der Waals surface area contributed by atoms with Gasteiger partial charge in [-0.15, -0.1) is 6.42 Å². The molecule has 3 nitrogen and oxygen atoms in total. The van der Waals surface area contributed by atoms with E-state index in [0.29, 0.717) is 5.92 Å². The molecule has 3 heteroatoms. The van der Waals surface area contributed by atoms with Crippen LogP contribution >= 0.6 is 0 Å². The van der Waals surface area contributed by atoms with Gasteiger partial charge in [0.2, 0.25) is 0 Å². The molecule has 0 heterocycles. The third kappa shape index (κ3) is 2.83. The molecule has 0 unspecified atom stereocenters. The zero-order chi connectivity index (χ0) is 8.97. The minimum atomic E-state index is -0.446. The zero-order valence-electron chi connectivity index (χ0n) is 7.17. The van der Waals surface area contributed by atoms with Gasteiger partial charge >= 0.3 is 6.09 Å². The Morgan fingerprint density at radius 2 is 2.50 bits per heavy atom. The van der Waals surface area contributed by atoms with Gasteiger partial charge in [-0.3, -0.25) is 0 Å². The Hall–Kier alpha value is -1.17. The minimum Gasteiger partial charge on any atom is -0.453 e. The van der Waals surface area contributed by atoms with Gasteiger partial charge in [-0.05, 0) is 12.3 Å². The summed E-state index contributed by atoms with van der Waals surface area (Å²) >= 11 is 0. The van der Waals surface area contributed by atoms with Gasteiger partial charge in [0.25, 0.3) is 0 Å². The van der Waals surface area contributed by atoms with E-state index in [2.05, 4.69) is 16.0 Å². The van der Waals surface area contributed by atoms with Crippen molar-refractivity contribution in [3.8, 4) is 12.3 Å². The maximum Gasteiger partial charge on any atom is 0.407 e. The highest BCUT2D eigenvalue weighted by Crippen LogP contribution is 2.33. The quantitative estimate of drug-likeness (QED) is 0.640. The van der Waals surface area contributed by atoms with Crippen molar-refractivity contribution >= 4 is 6.09 Å². The van der Waals surface area contributed by atoms with E-state index in [9.17, 15) is 4.79 Å². The average Bonchev–Trinajstić information content (AvgIpc) is 2.86. The van der Waals surface area contributed by atoms with Crippen LogP contribution < -0.4 is 5.32 Å². The number of terminal acetylenes is 1. The van der Waals surface area contributed by atoms with Crippen molar-refractivity contribution in [2.24, 2.45) is 5.92 Å². The number of hydrogen-bond donors (Lipinski definition) is 1. The summed E-state index contributed by atoms with van der Waals surface area (Å²) < 4.78 is 4.44. The molecule has 1 aliphatic rings. The molecule has 1 N–H and O–H groups in total. The van der Waals surface area contributed by atoms with Crippen molar-refractivity contribution in [2.75, 3.05) is 7.11 Å². The summed E-state index contributed by atoms with van der Waals surface area (Å²) in [5.41, 5.74) is 0. The lowest BCUT2D eigenvalue weighted by molar-refractivity contribution is 0.168. The first-order valence-corrected chi connectivity index (χ1v) is 4.07.